The van der Waals surface area contributed by atoms with Gasteiger partial charge in [-0.1, -0.05) is 18.5 Å². The molecule has 0 aliphatic carbocycles. The summed E-state index contributed by atoms with van der Waals surface area (Å²) in [5.74, 6) is 0.663. The van der Waals surface area contributed by atoms with Gasteiger partial charge in [0.25, 0.3) is 0 Å². The molecule has 0 radical (unpaired) electrons. The lowest BCUT2D eigenvalue weighted by atomic mass is 10.3. The molecule has 2 rings (SSSR count). The van der Waals surface area contributed by atoms with Crippen molar-refractivity contribution >= 4 is 29.2 Å². The van der Waals surface area contributed by atoms with Crippen LogP contribution in [0.15, 0.2) is 18.2 Å². The molecule has 7 nitrogen and oxygen atoms in total. The van der Waals surface area contributed by atoms with E-state index >= 15 is 0 Å². The number of piperazine rings is 1. The van der Waals surface area contributed by atoms with E-state index in [-0.39, 0.29) is 11.9 Å². The van der Waals surface area contributed by atoms with E-state index in [0.29, 0.717) is 36.0 Å². The Hall–Kier alpha value is -1.99. The largest absolute Gasteiger partial charge is 0.492 e. The monoisotopic (exact) mass is 382 g/mol. The third-order valence-corrected chi connectivity index (χ3v) is 4.43. The third-order valence-electron chi connectivity index (χ3n) is 4.13. The van der Waals surface area contributed by atoms with Crippen molar-refractivity contribution < 1.29 is 14.3 Å². The summed E-state index contributed by atoms with van der Waals surface area (Å²) < 4.78 is 5.50. The maximum absolute atomic E-state index is 12.1. The van der Waals surface area contributed by atoms with E-state index < -0.39 is 0 Å². The van der Waals surface area contributed by atoms with E-state index in [1.54, 1.807) is 18.2 Å². The van der Waals surface area contributed by atoms with Gasteiger partial charge in [-0.2, -0.15) is 0 Å². The molecule has 1 heterocycles. The molecule has 0 atom stereocenters. The minimum Gasteiger partial charge on any atom is -0.492 e. The first kappa shape index (κ1) is 20.3. The molecular weight excluding hydrogens is 356 g/mol. The van der Waals surface area contributed by atoms with E-state index in [9.17, 15) is 9.59 Å². The molecule has 1 aromatic rings. The molecule has 3 amide bonds. The van der Waals surface area contributed by atoms with Crippen LogP contribution >= 0.6 is 11.6 Å². The second-order valence-electron chi connectivity index (χ2n) is 6.31. The van der Waals surface area contributed by atoms with Gasteiger partial charge in [-0.15, -0.1) is 0 Å². The Labute approximate surface area is 159 Å². The highest BCUT2D eigenvalue weighted by Gasteiger charge is 2.18. The van der Waals surface area contributed by atoms with Gasteiger partial charge in [0.1, 0.15) is 5.75 Å². The molecule has 1 aromatic carbocycles. The Bertz CT molecular complexity index is 618. The summed E-state index contributed by atoms with van der Waals surface area (Å²) in [5, 5.41) is 5.85. The lowest BCUT2D eigenvalue weighted by molar-refractivity contribution is -0.132. The maximum atomic E-state index is 12.1. The van der Waals surface area contributed by atoms with Crippen molar-refractivity contribution in [2.24, 2.45) is 0 Å². The van der Waals surface area contributed by atoms with Crippen LogP contribution in [0.5, 0.6) is 5.75 Å². The normalized spacial score (nSPS) is 14.8. The predicted octanol–water partition coefficient (Wildman–Crippen LogP) is 2.41. The number of likely N-dealkylation sites (N-methyl/N-ethyl adjacent to an activating group) is 1. The molecule has 1 aliphatic heterocycles. The molecule has 0 bridgehead atoms. The molecule has 8 heteroatoms. The van der Waals surface area contributed by atoms with Crippen LogP contribution in [0, 0.1) is 0 Å². The van der Waals surface area contributed by atoms with Gasteiger partial charge in [-0.25, -0.2) is 4.79 Å². The number of hydrogen-bond acceptors (Lipinski definition) is 4. The third kappa shape index (κ3) is 6.38. The van der Waals surface area contributed by atoms with Gasteiger partial charge in [0.15, 0.2) is 0 Å². The number of rotatable bonds is 7. The summed E-state index contributed by atoms with van der Waals surface area (Å²) in [7, 11) is 2.04. The minimum absolute atomic E-state index is 0.0684. The molecule has 0 saturated carbocycles. The Balaban J connectivity index is 1.71. The summed E-state index contributed by atoms with van der Waals surface area (Å²) >= 11 is 6.14. The van der Waals surface area contributed by atoms with Crippen molar-refractivity contribution in [3.63, 3.8) is 0 Å². The van der Waals surface area contributed by atoms with Crippen LogP contribution < -0.4 is 15.4 Å². The van der Waals surface area contributed by atoms with Gasteiger partial charge in [-0.05, 0) is 31.7 Å². The van der Waals surface area contributed by atoms with Crippen molar-refractivity contribution in [2.75, 3.05) is 51.7 Å². The van der Waals surface area contributed by atoms with Crippen LogP contribution in [0.4, 0.5) is 10.5 Å². The maximum Gasteiger partial charge on any atom is 0.319 e. The zero-order valence-electron chi connectivity index (χ0n) is 15.4. The number of carbonyl (C=O) groups is 2. The number of nitrogens with one attached hydrogen (secondary N) is 2. The van der Waals surface area contributed by atoms with Gasteiger partial charge < -0.3 is 25.2 Å². The average Bonchev–Trinajstić information content (AvgIpc) is 2.61. The van der Waals surface area contributed by atoms with Crippen molar-refractivity contribution in [3.05, 3.63) is 23.2 Å². The van der Waals surface area contributed by atoms with Crippen molar-refractivity contribution in [1.29, 1.82) is 0 Å². The number of halogens is 1. The fourth-order valence-corrected chi connectivity index (χ4v) is 2.81. The van der Waals surface area contributed by atoms with E-state index in [1.807, 2.05) is 18.9 Å². The number of anilines is 1. The second kappa shape index (κ2) is 10.2. The minimum atomic E-state index is -0.366. The Morgan fingerprint density at radius 2 is 1.96 bits per heavy atom. The first-order chi connectivity index (χ1) is 12.5. The van der Waals surface area contributed by atoms with Crippen LogP contribution in [0.2, 0.25) is 5.02 Å². The Morgan fingerprint density at radius 3 is 2.62 bits per heavy atom. The summed E-state index contributed by atoms with van der Waals surface area (Å²) in [6, 6.07) is 4.73. The van der Waals surface area contributed by atoms with Crippen LogP contribution in [0.1, 0.15) is 19.8 Å². The number of carbonyl (C=O) groups excluding carboxylic acids is 2. The van der Waals surface area contributed by atoms with Crippen molar-refractivity contribution in [1.82, 2.24) is 15.1 Å². The second-order valence-corrected chi connectivity index (χ2v) is 6.72. The molecule has 1 fully saturated rings. The Kier molecular flexibility index (Phi) is 8.00. The topological polar surface area (TPSA) is 73.9 Å². The van der Waals surface area contributed by atoms with Gasteiger partial charge in [0, 0.05) is 44.8 Å². The summed E-state index contributed by atoms with van der Waals surface area (Å²) in [4.78, 5) is 28.1. The molecular formula is C18H27ClN4O3. The fourth-order valence-electron chi connectivity index (χ4n) is 2.58. The molecule has 1 saturated heterocycles. The van der Waals surface area contributed by atoms with E-state index in [2.05, 4.69) is 15.5 Å². The van der Waals surface area contributed by atoms with Crippen molar-refractivity contribution in [2.45, 2.75) is 19.8 Å². The Morgan fingerprint density at radius 1 is 1.23 bits per heavy atom. The van der Waals surface area contributed by atoms with E-state index in [0.717, 1.165) is 32.6 Å². The van der Waals surface area contributed by atoms with E-state index in [1.165, 1.54) is 0 Å². The molecule has 1 aliphatic rings. The highest BCUT2D eigenvalue weighted by Crippen LogP contribution is 2.27. The summed E-state index contributed by atoms with van der Waals surface area (Å²) in [5.41, 5.74) is 0.571. The quantitative estimate of drug-likeness (QED) is 0.759. The standard InChI is InChI=1S/C18H27ClN4O3/c1-3-12-26-16-5-4-14(13-15(16)19)21-18(25)20-7-6-17(24)23-10-8-22(2)9-11-23/h4-5,13H,3,6-12H2,1-2H3,(H2,20,21,25). The van der Waals surface area contributed by atoms with E-state index in [4.69, 9.17) is 16.3 Å². The molecule has 144 valence electrons. The highest BCUT2D eigenvalue weighted by atomic mass is 35.5. The highest BCUT2D eigenvalue weighted by molar-refractivity contribution is 6.32. The molecule has 2 N–H and O–H groups in total. The number of nitrogens with zero attached hydrogens (tertiary/aromatic N) is 2. The summed E-state index contributed by atoms with van der Waals surface area (Å²) in [6.45, 7) is 6.16. The SMILES string of the molecule is CCCOc1ccc(NC(=O)NCCC(=O)N2CCN(C)CC2)cc1Cl. The summed E-state index contributed by atoms with van der Waals surface area (Å²) in [6.07, 6.45) is 1.19. The average molecular weight is 383 g/mol. The van der Waals surface area contributed by atoms with Gasteiger partial charge in [0.05, 0.1) is 11.6 Å². The first-order valence-electron chi connectivity index (χ1n) is 8.93. The van der Waals surface area contributed by atoms with Crippen molar-refractivity contribution in [3.8, 4) is 5.75 Å². The number of amides is 3. The zero-order chi connectivity index (χ0) is 18.9. The van der Waals surface area contributed by atoms with Crippen LogP contribution in [0.25, 0.3) is 0 Å². The first-order valence-corrected chi connectivity index (χ1v) is 9.31. The van der Waals surface area contributed by atoms with Crippen LogP contribution in [0.3, 0.4) is 0 Å². The zero-order valence-corrected chi connectivity index (χ0v) is 16.1. The number of urea groups is 1. The smallest absolute Gasteiger partial charge is 0.319 e. The number of hydrogen-bond donors (Lipinski definition) is 2. The molecule has 0 aromatic heterocycles. The van der Waals surface area contributed by atoms with Gasteiger partial charge in [0.2, 0.25) is 5.91 Å². The lowest BCUT2D eigenvalue weighted by Gasteiger charge is -2.32. The lowest BCUT2D eigenvalue weighted by Crippen LogP contribution is -2.47. The molecule has 26 heavy (non-hydrogen) atoms. The van der Waals surface area contributed by atoms with Gasteiger partial charge >= 0.3 is 6.03 Å². The fraction of sp³-hybridized carbons (Fsp3) is 0.556. The van der Waals surface area contributed by atoms with Crippen LogP contribution in [-0.2, 0) is 4.79 Å². The molecule has 0 unspecified atom stereocenters. The number of ether oxygens (including phenoxy) is 1. The van der Waals surface area contributed by atoms with Gasteiger partial charge in [-0.3, -0.25) is 4.79 Å². The predicted molar refractivity (Wildman–Crippen MR) is 103 cm³/mol. The number of benzene rings is 1. The molecule has 0 spiro atoms. The van der Waals surface area contributed by atoms with Crippen LogP contribution in [-0.4, -0.2) is 68.1 Å².